The van der Waals surface area contributed by atoms with E-state index in [0.717, 1.165) is 6.42 Å². The standard InChI is InChI=1S/C15H23NO4/c1-5-10(2)16-15(18)11(3)20-14-8-13(19-4)7-6-12(14)9-17/h6-8,10-11,17H,5,9H2,1-4H3,(H,16,18). The van der Waals surface area contributed by atoms with E-state index in [1.165, 1.54) is 0 Å². The summed E-state index contributed by atoms with van der Waals surface area (Å²) >= 11 is 0. The van der Waals surface area contributed by atoms with Gasteiger partial charge in [-0.15, -0.1) is 0 Å². The fourth-order valence-corrected chi connectivity index (χ4v) is 1.61. The van der Waals surface area contributed by atoms with Gasteiger partial charge in [0, 0.05) is 17.7 Å². The first-order valence-corrected chi connectivity index (χ1v) is 6.76. The van der Waals surface area contributed by atoms with Gasteiger partial charge in [-0.3, -0.25) is 4.79 Å². The summed E-state index contributed by atoms with van der Waals surface area (Å²) in [5, 5.41) is 12.2. The first kappa shape index (κ1) is 16.3. The van der Waals surface area contributed by atoms with Crippen LogP contribution in [0, 0.1) is 0 Å². The third-order valence-corrected chi connectivity index (χ3v) is 3.12. The van der Waals surface area contributed by atoms with Gasteiger partial charge in [0.05, 0.1) is 13.7 Å². The Balaban J connectivity index is 2.78. The van der Waals surface area contributed by atoms with Crippen molar-refractivity contribution in [3.8, 4) is 11.5 Å². The van der Waals surface area contributed by atoms with Crippen molar-refractivity contribution in [1.29, 1.82) is 0 Å². The zero-order chi connectivity index (χ0) is 15.1. The number of hydrogen-bond acceptors (Lipinski definition) is 4. The predicted octanol–water partition coefficient (Wildman–Crippen LogP) is 1.87. The molecule has 5 heteroatoms. The average molecular weight is 281 g/mol. The van der Waals surface area contributed by atoms with E-state index in [1.807, 2.05) is 13.8 Å². The van der Waals surface area contributed by atoms with Crippen LogP contribution in [0.5, 0.6) is 11.5 Å². The Hall–Kier alpha value is -1.75. The summed E-state index contributed by atoms with van der Waals surface area (Å²) in [6, 6.07) is 5.23. The van der Waals surface area contributed by atoms with Crippen molar-refractivity contribution in [1.82, 2.24) is 5.32 Å². The predicted molar refractivity (Wildman–Crippen MR) is 76.9 cm³/mol. The van der Waals surface area contributed by atoms with Gasteiger partial charge >= 0.3 is 0 Å². The van der Waals surface area contributed by atoms with Crippen LogP contribution in [0.2, 0.25) is 0 Å². The third kappa shape index (κ3) is 4.42. The lowest BCUT2D eigenvalue weighted by molar-refractivity contribution is -0.127. The number of aliphatic hydroxyl groups is 1. The smallest absolute Gasteiger partial charge is 0.260 e. The zero-order valence-electron chi connectivity index (χ0n) is 12.5. The van der Waals surface area contributed by atoms with Gasteiger partial charge in [-0.05, 0) is 32.4 Å². The van der Waals surface area contributed by atoms with E-state index >= 15 is 0 Å². The number of carbonyl (C=O) groups is 1. The number of aliphatic hydroxyl groups excluding tert-OH is 1. The average Bonchev–Trinajstić information content (AvgIpc) is 2.46. The molecular weight excluding hydrogens is 258 g/mol. The van der Waals surface area contributed by atoms with E-state index in [2.05, 4.69) is 5.32 Å². The summed E-state index contributed by atoms with van der Waals surface area (Å²) in [6.07, 6.45) is 0.223. The van der Waals surface area contributed by atoms with Crippen LogP contribution >= 0.6 is 0 Å². The Morgan fingerprint density at radius 2 is 2.10 bits per heavy atom. The molecule has 0 heterocycles. The molecule has 0 aliphatic heterocycles. The lowest BCUT2D eigenvalue weighted by atomic mass is 10.2. The molecule has 1 aromatic carbocycles. The molecule has 20 heavy (non-hydrogen) atoms. The van der Waals surface area contributed by atoms with Crippen molar-refractivity contribution in [2.24, 2.45) is 0 Å². The van der Waals surface area contributed by atoms with Crippen LogP contribution in [-0.4, -0.2) is 30.3 Å². The minimum atomic E-state index is -0.638. The molecule has 0 spiro atoms. The minimum absolute atomic E-state index is 0.108. The van der Waals surface area contributed by atoms with Crippen molar-refractivity contribution in [3.63, 3.8) is 0 Å². The summed E-state index contributed by atoms with van der Waals surface area (Å²) in [4.78, 5) is 11.9. The topological polar surface area (TPSA) is 67.8 Å². The number of amides is 1. The van der Waals surface area contributed by atoms with Gasteiger partial charge in [-0.1, -0.05) is 6.92 Å². The van der Waals surface area contributed by atoms with Gasteiger partial charge in [-0.25, -0.2) is 0 Å². The van der Waals surface area contributed by atoms with E-state index in [0.29, 0.717) is 17.1 Å². The second-order valence-corrected chi connectivity index (χ2v) is 4.71. The summed E-state index contributed by atoms with van der Waals surface area (Å²) in [5.41, 5.74) is 0.619. The Morgan fingerprint density at radius 1 is 1.40 bits per heavy atom. The van der Waals surface area contributed by atoms with Gasteiger partial charge in [0.25, 0.3) is 5.91 Å². The molecule has 0 fully saturated rings. The van der Waals surface area contributed by atoms with Crippen molar-refractivity contribution in [2.75, 3.05) is 7.11 Å². The van der Waals surface area contributed by atoms with Crippen LogP contribution in [-0.2, 0) is 11.4 Å². The molecule has 1 amide bonds. The number of hydrogen-bond donors (Lipinski definition) is 2. The number of benzene rings is 1. The third-order valence-electron chi connectivity index (χ3n) is 3.12. The molecule has 0 bridgehead atoms. The highest BCUT2D eigenvalue weighted by molar-refractivity contribution is 5.81. The number of methoxy groups -OCH3 is 1. The van der Waals surface area contributed by atoms with Crippen LogP contribution in [0.15, 0.2) is 18.2 Å². The second kappa shape index (κ2) is 7.75. The molecule has 1 aromatic rings. The summed E-state index contributed by atoms with van der Waals surface area (Å²) in [6.45, 7) is 5.47. The molecule has 0 saturated heterocycles. The molecule has 112 valence electrons. The zero-order valence-corrected chi connectivity index (χ0v) is 12.5. The highest BCUT2D eigenvalue weighted by Crippen LogP contribution is 2.25. The van der Waals surface area contributed by atoms with E-state index < -0.39 is 6.10 Å². The summed E-state index contributed by atoms with van der Waals surface area (Å²) in [5.74, 6) is 0.899. The summed E-state index contributed by atoms with van der Waals surface area (Å²) < 4.78 is 10.8. The van der Waals surface area contributed by atoms with Crippen molar-refractivity contribution >= 4 is 5.91 Å². The molecule has 0 saturated carbocycles. The van der Waals surface area contributed by atoms with Gasteiger partial charge in [0.2, 0.25) is 0 Å². The Morgan fingerprint density at radius 3 is 2.65 bits per heavy atom. The fraction of sp³-hybridized carbons (Fsp3) is 0.533. The SMILES string of the molecule is CCC(C)NC(=O)C(C)Oc1cc(OC)ccc1CO. The second-order valence-electron chi connectivity index (χ2n) is 4.71. The van der Waals surface area contributed by atoms with Crippen molar-refractivity contribution in [2.45, 2.75) is 45.9 Å². The fourth-order valence-electron chi connectivity index (χ4n) is 1.61. The van der Waals surface area contributed by atoms with Crippen LogP contribution in [0.4, 0.5) is 0 Å². The van der Waals surface area contributed by atoms with E-state index in [-0.39, 0.29) is 18.6 Å². The molecule has 2 N–H and O–H groups in total. The maximum absolute atomic E-state index is 11.9. The van der Waals surface area contributed by atoms with Crippen molar-refractivity contribution in [3.05, 3.63) is 23.8 Å². The maximum Gasteiger partial charge on any atom is 0.260 e. The number of ether oxygens (including phenoxy) is 2. The van der Waals surface area contributed by atoms with Crippen LogP contribution in [0.25, 0.3) is 0 Å². The van der Waals surface area contributed by atoms with Crippen molar-refractivity contribution < 1.29 is 19.4 Å². The van der Waals surface area contributed by atoms with Gasteiger partial charge in [0.1, 0.15) is 11.5 Å². The number of nitrogens with one attached hydrogen (secondary N) is 1. The van der Waals surface area contributed by atoms with Crippen LogP contribution in [0.3, 0.4) is 0 Å². The highest BCUT2D eigenvalue weighted by atomic mass is 16.5. The van der Waals surface area contributed by atoms with Crippen LogP contribution in [0.1, 0.15) is 32.8 Å². The van der Waals surface area contributed by atoms with E-state index in [9.17, 15) is 9.90 Å². The lowest BCUT2D eigenvalue weighted by Gasteiger charge is -2.19. The largest absolute Gasteiger partial charge is 0.497 e. The molecule has 5 nitrogen and oxygen atoms in total. The van der Waals surface area contributed by atoms with E-state index in [1.54, 1.807) is 32.2 Å². The Bertz CT molecular complexity index is 447. The van der Waals surface area contributed by atoms with Crippen LogP contribution < -0.4 is 14.8 Å². The lowest BCUT2D eigenvalue weighted by Crippen LogP contribution is -2.41. The normalized spacial score (nSPS) is 13.4. The molecule has 1 rings (SSSR count). The van der Waals surface area contributed by atoms with Gasteiger partial charge < -0.3 is 19.9 Å². The molecule has 0 aliphatic rings. The molecule has 2 unspecified atom stereocenters. The first-order valence-electron chi connectivity index (χ1n) is 6.76. The number of rotatable bonds is 7. The number of carbonyl (C=O) groups excluding carboxylic acids is 1. The Labute approximate surface area is 119 Å². The molecule has 0 radical (unpaired) electrons. The minimum Gasteiger partial charge on any atom is -0.497 e. The molecule has 0 aromatic heterocycles. The quantitative estimate of drug-likeness (QED) is 0.800. The van der Waals surface area contributed by atoms with E-state index in [4.69, 9.17) is 9.47 Å². The first-order chi connectivity index (χ1) is 9.51. The molecular formula is C15H23NO4. The summed E-state index contributed by atoms with van der Waals surface area (Å²) in [7, 11) is 1.55. The van der Waals surface area contributed by atoms with Gasteiger partial charge in [-0.2, -0.15) is 0 Å². The van der Waals surface area contributed by atoms with Gasteiger partial charge in [0.15, 0.2) is 6.10 Å². The monoisotopic (exact) mass is 281 g/mol. The maximum atomic E-state index is 11.9. The molecule has 0 aliphatic carbocycles. The molecule has 2 atom stereocenters. The Kier molecular flexibility index (Phi) is 6.31. The highest BCUT2D eigenvalue weighted by Gasteiger charge is 2.18.